The van der Waals surface area contributed by atoms with Gasteiger partial charge in [-0.2, -0.15) is 0 Å². The topological polar surface area (TPSA) is 47.1 Å². The summed E-state index contributed by atoms with van der Waals surface area (Å²) in [5, 5.41) is 0. The Kier molecular flexibility index (Phi) is 4.22. The van der Waals surface area contributed by atoms with Gasteiger partial charge in [0, 0.05) is 13.1 Å². The van der Waals surface area contributed by atoms with E-state index < -0.39 is 0 Å². The fourth-order valence-corrected chi connectivity index (χ4v) is 2.85. The summed E-state index contributed by atoms with van der Waals surface area (Å²) in [6.45, 7) is 2.91. The number of aryl methyl sites for hydroxylation is 1. The number of nitrogens with zero attached hydrogens (tertiary/aromatic N) is 3. The molecule has 2 rings (SSSR count). The molecule has 2 aromatic rings. The van der Waals surface area contributed by atoms with Crippen LogP contribution in [0.1, 0.15) is 24.9 Å². The van der Waals surface area contributed by atoms with Crippen LogP contribution in [0.3, 0.4) is 0 Å². The maximum atomic E-state index is 5.93. The molecule has 0 spiro atoms. The molecule has 2 atom stereocenters. The Morgan fingerprint density at radius 3 is 2.68 bits per heavy atom. The van der Waals surface area contributed by atoms with Crippen LogP contribution < -0.4 is 5.73 Å². The van der Waals surface area contributed by atoms with Gasteiger partial charge in [-0.05, 0) is 44.3 Å². The summed E-state index contributed by atoms with van der Waals surface area (Å²) < 4.78 is 2.05. The van der Waals surface area contributed by atoms with E-state index in [2.05, 4.69) is 49.1 Å². The average Bonchev–Trinajstić information content (AvgIpc) is 2.76. The highest BCUT2D eigenvalue weighted by Crippen LogP contribution is 2.30. The summed E-state index contributed by atoms with van der Waals surface area (Å²) in [4.78, 5) is 6.70. The largest absolute Gasteiger partial charge is 0.334 e. The first-order chi connectivity index (χ1) is 9.08. The third-order valence-electron chi connectivity index (χ3n) is 3.92. The van der Waals surface area contributed by atoms with Crippen molar-refractivity contribution in [3.63, 3.8) is 0 Å². The third-order valence-corrected chi connectivity index (χ3v) is 3.92. The minimum atomic E-state index is 0.349. The van der Waals surface area contributed by atoms with Gasteiger partial charge in [0.1, 0.15) is 0 Å². The maximum Gasteiger partial charge on any atom is 0.0955 e. The van der Waals surface area contributed by atoms with Gasteiger partial charge in [-0.3, -0.25) is 0 Å². The summed E-state index contributed by atoms with van der Waals surface area (Å²) in [5.41, 5.74) is 9.45. The molecule has 0 radical (unpaired) electrons. The lowest BCUT2D eigenvalue weighted by atomic mass is 9.90. The predicted molar refractivity (Wildman–Crippen MR) is 80.0 cm³/mol. The molecule has 2 N–H and O–H groups in total. The van der Waals surface area contributed by atoms with Crippen LogP contribution in [0.15, 0.2) is 24.5 Å². The number of benzene rings is 1. The summed E-state index contributed by atoms with van der Waals surface area (Å²) in [5.74, 6) is 0.469. The molecule has 104 valence electrons. The molecule has 0 aliphatic rings. The van der Waals surface area contributed by atoms with Crippen molar-refractivity contribution in [2.45, 2.75) is 19.4 Å². The van der Waals surface area contributed by atoms with Crippen LogP contribution in [-0.2, 0) is 7.05 Å². The maximum absolute atomic E-state index is 5.93. The molecule has 0 aliphatic carbocycles. The van der Waals surface area contributed by atoms with Crippen LogP contribution in [0.25, 0.3) is 11.0 Å². The fraction of sp³-hybridized carbons (Fsp3) is 0.533. The molecule has 1 heterocycles. The van der Waals surface area contributed by atoms with Gasteiger partial charge in [-0.1, -0.05) is 19.4 Å². The van der Waals surface area contributed by atoms with E-state index in [0.717, 1.165) is 11.9 Å². The van der Waals surface area contributed by atoms with Crippen molar-refractivity contribution in [2.75, 3.05) is 20.6 Å². The van der Waals surface area contributed by atoms with Crippen LogP contribution in [-0.4, -0.2) is 35.1 Å². The minimum absolute atomic E-state index is 0.349. The third kappa shape index (κ3) is 2.65. The Bertz CT molecular complexity index is 540. The normalized spacial score (nSPS) is 15.1. The highest BCUT2D eigenvalue weighted by atomic mass is 15.1. The predicted octanol–water partition coefficient (Wildman–Crippen LogP) is 2.16. The molecule has 4 heteroatoms. The number of rotatable bonds is 5. The van der Waals surface area contributed by atoms with E-state index in [0.29, 0.717) is 18.5 Å². The first kappa shape index (κ1) is 14.0. The molecule has 0 saturated carbocycles. The van der Waals surface area contributed by atoms with Gasteiger partial charge in [0.2, 0.25) is 0 Å². The molecule has 0 bridgehead atoms. The first-order valence-corrected chi connectivity index (χ1v) is 6.86. The Labute approximate surface area is 115 Å². The van der Waals surface area contributed by atoms with Gasteiger partial charge < -0.3 is 15.2 Å². The molecular formula is C15H24N4. The second-order valence-corrected chi connectivity index (χ2v) is 5.42. The molecule has 0 fully saturated rings. The number of hydrogen-bond donors (Lipinski definition) is 1. The minimum Gasteiger partial charge on any atom is -0.334 e. The lowest BCUT2D eigenvalue weighted by molar-refractivity contribution is 0.211. The van der Waals surface area contributed by atoms with Crippen molar-refractivity contribution in [1.82, 2.24) is 14.5 Å². The van der Waals surface area contributed by atoms with Gasteiger partial charge in [-0.25, -0.2) is 4.98 Å². The summed E-state index contributed by atoms with van der Waals surface area (Å²) in [6, 6.07) is 6.89. The van der Waals surface area contributed by atoms with Crippen LogP contribution >= 0.6 is 0 Å². The lowest BCUT2D eigenvalue weighted by Crippen LogP contribution is -2.31. The van der Waals surface area contributed by atoms with Gasteiger partial charge in [-0.15, -0.1) is 0 Å². The molecule has 1 aromatic heterocycles. The van der Waals surface area contributed by atoms with Crippen LogP contribution in [0.4, 0.5) is 0 Å². The van der Waals surface area contributed by atoms with Crippen molar-refractivity contribution in [2.24, 2.45) is 18.7 Å². The van der Waals surface area contributed by atoms with Crippen molar-refractivity contribution < 1.29 is 0 Å². The lowest BCUT2D eigenvalue weighted by Gasteiger charge is -2.31. The number of aromatic nitrogens is 2. The Morgan fingerprint density at radius 2 is 2.11 bits per heavy atom. The SMILES string of the molecule is CCC(CN)C(c1ccc2c(c1)ncn2C)N(C)C. The molecule has 2 unspecified atom stereocenters. The highest BCUT2D eigenvalue weighted by molar-refractivity contribution is 5.76. The molecule has 0 amide bonds. The van der Waals surface area contributed by atoms with E-state index in [1.165, 1.54) is 11.1 Å². The zero-order chi connectivity index (χ0) is 14.0. The molecule has 0 aliphatic heterocycles. The van der Waals surface area contributed by atoms with Crippen LogP contribution in [0, 0.1) is 5.92 Å². The van der Waals surface area contributed by atoms with E-state index in [4.69, 9.17) is 5.73 Å². The molecule has 4 nitrogen and oxygen atoms in total. The standard InChI is InChI=1S/C15H24N4/c1-5-11(9-16)15(18(2)3)12-6-7-14-13(8-12)17-10-19(14)4/h6-8,10-11,15H,5,9,16H2,1-4H3. The van der Waals surface area contributed by atoms with E-state index in [9.17, 15) is 0 Å². The van der Waals surface area contributed by atoms with Gasteiger partial charge in [0.25, 0.3) is 0 Å². The van der Waals surface area contributed by atoms with Crippen molar-refractivity contribution in [1.29, 1.82) is 0 Å². The quantitative estimate of drug-likeness (QED) is 0.896. The second-order valence-electron chi connectivity index (χ2n) is 5.42. The van der Waals surface area contributed by atoms with Crippen molar-refractivity contribution in [3.05, 3.63) is 30.1 Å². The van der Waals surface area contributed by atoms with E-state index >= 15 is 0 Å². The number of nitrogens with two attached hydrogens (primary N) is 1. The average molecular weight is 260 g/mol. The Balaban J connectivity index is 2.44. The highest BCUT2D eigenvalue weighted by Gasteiger charge is 2.23. The summed E-state index contributed by atoms with van der Waals surface area (Å²) in [7, 11) is 6.25. The van der Waals surface area contributed by atoms with Gasteiger partial charge in [0.05, 0.1) is 17.4 Å². The monoisotopic (exact) mass is 260 g/mol. The number of hydrogen-bond acceptors (Lipinski definition) is 3. The number of imidazole rings is 1. The number of fused-ring (bicyclic) bond motifs is 1. The smallest absolute Gasteiger partial charge is 0.0955 e. The molecule has 0 saturated heterocycles. The first-order valence-electron chi connectivity index (χ1n) is 6.86. The molecule has 1 aromatic carbocycles. The van der Waals surface area contributed by atoms with E-state index in [-0.39, 0.29) is 0 Å². The van der Waals surface area contributed by atoms with Crippen molar-refractivity contribution >= 4 is 11.0 Å². The second kappa shape index (κ2) is 5.72. The zero-order valence-electron chi connectivity index (χ0n) is 12.3. The van der Waals surface area contributed by atoms with E-state index in [1.807, 2.05) is 17.9 Å². The van der Waals surface area contributed by atoms with Gasteiger partial charge >= 0.3 is 0 Å². The summed E-state index contributed by atoms with van der Waals surface area (Å²) >= 11 is 0. The van der Waals surface area contributed by atoms with Crippen molar-refractivity contribution in [3.8, 4) is 0 Å². The van der Waals surface area contributed by atoms with Crippen LogP contribution in [0.2, 0.25) is 0 Å². The Morgan fingerprint density at radius 1 is 1.37 bits per heavy atom. The summed E-state index contributed by atoms with van der Waals surface area (Å²) in [6.07, 6.45) is 2.94. The fourth-order valence-electron chi connectivity index (χ4n) is 2.85. The zero-order valence-corrected chi connectivity index (χ0v) is 12.3. The van der Waals surface area contributed by atoms with E-state index in [1.54, 1.807) is 0 Å². The van der Waals surface area contributed by atoms with Gasteiger partial charge in [0.15, 0.2) is 0 Å². The molecule has 19 heavy (non-hydrogen) atoms. The van der Waals surface area contributed by atoms with Crippen LogP contribution in [0.5, 0.6) is 0 Å². The molecular weight excluding hydrogens is 236 g/mol. The Hall–Kier alpha value is -1.39.